The van der Waals surface area contributed by atoms with Crippen molar-refractivity contribution in [3.8, 4) is 11.5 Å². The van der Waals surface area contributed by atoms with Crippen LogP contribution < -0.4 is 14.5 Å². The van der Waals surface area contributed by atoms with E-state index in [2.05, 4.69) is 5.10 Å². The third-order valence-corrected chi connectivity index (χ3v) is 3.87. The van der Waals surface area contributed by atoms with Crippen molar-refractivity contribution in [1.82, 2.24) is 0 Å². The van der Waals surface area contributed by atoms with Crippen molar-refractivity contribution in [2.75, 3.05) is 19.2 Å². The van der Waals surface area contributed by atoms with Gasteiger partial charge in [-0.15, -0.1) is 0 Å². The van der Waals surface area contributed by atoms with Crippen molar-refractivity contribution in [3.05, 3.63) is 54.1 Å². The number of para-hydroxylation sites is 1. The summed E-state index contributed by atoms with van der Waals surface area (Å²) in [6, 6.07) is 14.9. The number of hydrogen-bond donors (Lipinski definition) is 0. The Labute approximate surface area is 135 Å². The molecule has 0 saturated heterocycles. The molecule has 0 N–H and O–H groups in total. The van der Waals surface area contributed by atoms with Gasteiger partial charge in [-0.05, 0) is 36.8 Å². The highest BCUT2D eigenvalue weighted by Gasteiger charge is 2.35. The van der Waals surface area contributed by atoms with Crippen molar-refractivity contribution in [2.45, 2.75) is 12.8 Å². The molecule has 2 aromatic carbocycles. The van der Waals surface area contributed by atoms with Crippen molar-refractivity contribution in [3.63, 3.8) is 0 Å². The van der Waals surface area contributed by atoms with Crippen LogP contribution in [0.2, 0.25) is 0 Å². The lowest BCUT2D eigenvalue weighted by molar-refractivity contribution is -0.118. The molecule has 23 heavy (non-hydrogen) atoms. The molecule has 0 unspecified atom stereocenters. The Kier molecular flexibility index (Phi) is 4.02. The first kappa shape index (κ1) is 15.1. The predicted molar refractivity (Wildman–Crippen MR) is 89.3 cm³/mol. The maximum absolute atomic E-state index is 12.8. The van der Waals surface area contributed by atoms with Crippen LogP contribution in [-0.4, -0.2) is 25.8 Å². The summed E-state index contributed by atoms with van der Waals surface area (Å²) in [4.78, 5) is 12.8. The second-order valence-corrected chi connectivity index (χ2v) is 5.27. The molecular formula is C18H18N2O3. The molecule has 0 aromatic heterocycles. The Bertz CT molecular complexity index is 756. The molecule has 2 aromatic rings. The predicted octanol–water partition coefficient (Wildman–Crippen LogP) is 3.21. The fourth-order valence-corrected chi connectivity index (χ4v) is 2.74. The summed E-state index contributed by atoms with van der Waals surface area (Å²) in [5.41, 5.74) is 2.36. The second-order valence-electron chi connectivity index (χ2n) is 5.27. The molecule has 1 aliphatic rings. The summed E-state index contributed by atoms with van der Waals surface area (Å²) in [6.45, 7) is 1.86. The smallest absolute Gasteiger partial charge is 0.260 e. The van der Waals surface area contributed by atoms with Crippen molar-refractivity contribution >= 4 is 17.3 Å². The van der Waals surface area contributed by atoms with E-state index in [0.29, 0.717) is 11.5 Å². The molecule has 1 heterocycles. The standard InChI is InChI=1S/C18H18N2O3/c1-12-17(13-9-10-15(22-2)16(11-13)23-3)18(21)20(19-12)14-7-5-4-6-8-14/h4-11,17H,1-3H3/t17-/m0/s1. The van der Waals surface area contributed by atoms with E-state index in [-0.39, 0.29) is 5.91 Å². The first-order chi connectivity index (χ1) is 11.2. The van der Waals surface area contributed by atoms with Gasteiger partial charge in [0.2, 0.25) is 0 Å². The quantitative estimate of drug-likeness (QED) is 0.871. The SMILES string of the molecule is COc1ccc([C@H]2C(=O)N(c3ccccc3)N=C2C)cc1OC. The van der Waals surface area contributed by atoms with Crippen LogP contribution in [0.5, 0.6) is 11.5 Å². The number of anilines is 1. The van der Waals surface area contributed by atoms with Gasteiger partial charge < -0.3 is 9.47 Å². The van der Waals surface area contributed by atoms with E-state index in [9.17, 15) is 4.79 Å². The third kappa shape index (κ3) is 2.65. The van der Waals surface area contributed by atoms with Crippen molar-refractivity contribution < 1.29 is 14.3 Å². The number of carbonyl (C=O) groups excluding carboxylic acids is 1. The Hall–Kier alpha value is -2.82. The summed E-state index contributed by atoms with van der Waals surface area (Å²) < 4.78 is 10.6. The molecule has 1 atom stereocenters. The molecule has 0 saturated carbocycles. The molecule has 0 radical (unpaired) electrons. The van der Waals surface area contributed by atoms with Gasteiger partial charge in [-0.1, -0.05) is 24.3 Å². The Morgan fingerprint density at radius 1 is 1.00 bits per heavy atom. The average molecular weight is 310 g/mol. The van der Waals surface area contributed by atoms with Crippen molar-refractivity contribution in [1.29, 1.82) is 0 Å². The number of rotatable bonds is 4. The Balaban J connectivity index is 1.96. The van der Waals surface area contributed by atoms with E-state index in [4.69, 9.17) is 9.47 Å². The summed E-state index contributed by atoms with van der Waals surface area (Å²) in [5, 5.41) is 5.88. The number of benzene rings is 2. The van der Waals surface area contributed by atoms with Gasteiger partial charge in [0.1, 0.15) is 5.92 Å². The summed E-state index contributed by atoms with van der Waals surface area (Å²) >= 11 is 0. The first-order valence-electron chi connectivity index (χ1n) is 7.31. The fraction of sp³-hybridized carbons (Fsp3) is 0.222. The number of hydrazone groups is 1. The molecule has 1 amide bonds. The summed E-state index contributed by atoms with van der Waals surface area (Å²) in [6.07, 6.45) is 0. The number of methoxy groups -OCH3 is 2. The van der Waals surface area contributed by atoms with Gasteiger partial charge in [0.25, 0.3) is 5.91 Å². The minimum Gasteiger partial charge on any atom is -0.493 e. The van der Waals surface area contributed by atoms with Crippen LogP contribution in [0.3, 0.4) is 0 Å². The second kappa shape index (κ2) is 6.12. The minimum atomic E-state index is -0.407. The summed E-state index contributed by atoms with van der Waals surface area (Å²) in [5.74, 6) is 0.760. The highest BCUT2D eigenvalue weighted by molar-refractivity contribution is 6.18. The number of ether oxygens (including phenoxy) is 2. The number of amides is 1. The lowest BCUT2D eigenvalue weighted by atomic mass is 9.94. The number of hydrogen-bond acceptors (Lipinski definition) is 4. The van der Waals surface area contributed by atoms with E-state index in [1.165, 1.54) is 5.01 Å². The zero-order chi connectivity index (χ0) is 16.4. The van der Waals surface area contributed by atoms with Gasteiger partial charge in [-0.2, -0.15) is 10.1 Å². The molecule has 0 spiro atoms. The van der Waals surface area contributed by atoms with Crippen LogP contribution in [0.15, 0.2) is 53.6 Å². The van der Waals surface area contributed by atoms with E-state index in [1.807, 2.05) is 49.4 Å². The largest absolute Gasteiger partial charge is 0.493 e. The van der Waals surface area contributed by atoms with E-state index in [0.717, 1.165) is 17.0 Å². The minimum absolute atomic E-state index is 0.0686. The van der Waals surface area contributed by atoms with Crippen LogP contribution in [0.25, 0.3) is 0 Å². The molecule has 118 valence electrons. The lowest BCUT2D eigenvalue weighted by Gasteiger charge is -2.16. The highest BCUT2D eigenvalue weighted by atomic mass is 16.5. The lowest BCUT2D eigenvalue weighted by Crippen LogP contribution is -2.25. The molecule has 0 bridgehead atoms. The molecule has 5 nitrogen and oxygen atoms in total. The molecule has 1 aliphatic heterocycles. The fourth-order valence-electron chi connectivity index (χ4n) is 2.74. The molecule has 0 fully saturated rings. The maximum atomic E-state index is 12.8. The summed E-state index contributed by atoms with van der Waals surface area (Å²) in [7, 11) is 3.16. The zero-order valence-electron chi connectivity index (χ0n) is 13.3. The molecule has 5 heteroatoms. The average Bonchev–Trinajstić information content (AvgIpc) is 2.89. The van der Waals surface area contributed by atoms with Crippen molar-refractivity contribution in [2.24, 2.45) is 5.10 Å². The van der Waals surface area contributed by atoms with Gasteiger partial charge in [-0.3, -0.25) is 4.79 Å². The normalized spacial score (nSPS) is 17.2. The van der Waals surface area contributed by atoms with Crippen LogP contribution in [-0.2, 0) is 4.79 Å². The molecule has 0 aliphatic carbocycles. The Morgan fingerprint density at radius 3 is 2.35 bits per heavy atom. The monoisotopic (exact) mass is 310 g/mol. The van der Waals surface area contributed by atoms with E-state index >= 15 is 0 Å². The maximum Gasteiger partial charge on any atom is 0.260 e. The topological polar surface area (TPSA) is 51.1 Å². The molecular weight excluding hydrogens is 292 g/mol. The van der Waals surface area contributed by atoms with Crippen LogP contribution >= 0.6 is 0 Å². The number of nitrogens with zero attached hydrogens (tertiary/aromatic N) is 2. The zero-order valence-corrected chi connectivity index (χ0v) is 13.3. The first-order valence-corrected chi connectivity index (χ1v) is 7.31. The van der Waals surface area contributed by atoms with Crippen LogP contribution in [0.4, 0.5) is 5.69 Å². The van der Waals surface area contributed by atoms with Gasteiger partial charge >= 0.3 is 0 Å². The van der Waals surface area contributed by atoms with E-state index in [1.54, 1.807) is 20.3 Å². The van der Waals surface area contributed by atoms with Gasteiger partial charge in [-0.25, -0.2) is 0 Å². The molecule has 3 rings (SSSR count). The number of carbonyl (C=O) groups is 1. The van der Waals surface area contributed by atoms with Gasteiger partial charge in [0.15, 0.2) is 11.5 Å². The van der Waals surface area contributed by atoms with Crippen LogP contribution in [0.1, 0.15) is 18.4 Å². The van der Waals surface area contributed by atoms with E-state index < -0.39 is 5.92 Å². The third-order valence-electron chi connectivity index (χ3n) is 3.87. The Morgan fingerprint density at radius 2 is 1.70 bits per heavy atom. The van der Waals surface area contributed by atoms with Crippen LogP contribution in [0, 0.1) is 0 Å². The highest BCUT2D eigenvalue weighted by Crippen LogP contribution is 2.35. The van der Waals surface area contributed by atoms with Gasteiger partial charge in [0, 0.05) is 0 Å². The van der Waals surface area contributed by atoms with Gasteiger partial charge in [0.05, 0.1) is 25.6 Å².